The minimum Gasteiger partial charge on any atom is -0.494 e. The molecule has 0 radical (unpaired) electrons. The van der Waals surface area contributed by atoms with Gasteiger partial charge in [-0.15, -0.1) is 0 Å². The van der Waals surface area contributed by atoms with Gasteiger partial charge in [0.05, 0.1) is 28.8 Å². The molecule has 0 N–H and O–H groups in total. The zero-order valence-corrected chi connectivity index (χ0v) is 18.1. The van der Waals surface area contributed by atoms with Crippen molar-refractivity contribution in [2.75, 3.05) is 19.8 Å². The molecular weight excluding hydrogens is 416 g/mol. The maximum Gasteiger partial charge on any atom is 0.286 e. The molecule has 0 saturated heterocycles. The number of carbonyl (C=O) groups is 1. The lowest BCUT2D eigenvalue weighted by molar-refractivity contribution is 0.0994. The number of benzene rings is 2. The number of thiazole rings is 1. The number of hydrogen-bond acceptors (Lipinski definition) is 6. The third-order valence-corrected chi connectivity index (χ3v) is 5.78. The summed E-state index contributed by atoms with van der Waals surface area (Å²) in [6.45, 7) is 6.03. The summed E-state index contributed by atoms with van der Waals surface area (Å²) in [5.41, 5.74) is 0.866. The number of ether oxygens (including phenoxy) is 2. The molecule has 7 nitrogen and oxygen atoms in total. The number of hydrogen-bond donors (Lipinski definition) is 0. The number of fused-ring (bicyclic) bond motifs is 2. The molecule has 2 heterocycles. The second kappa shape index (κ2) is 9.28. The van der Waals surface area contributed by atoms with Crippen LogP contribution in [0.25, 0.3) is 21.2 Å². The molecule has 2 aromatic heterocycles. The summed E-state index contributed by atoms with van der Waals surface area (Å²) in [6.07, 6.45) is 1.18. The van der Waals surface area contributed by atoms with E-state index >= 15 is 0 Å². The Morgan fingerprint density at radius 1 is 1.16 bits per heavy atom. The van der Waals surface area contributed by atoms with E-state index < -0.39 is 11.3 Å². The van der Waals surface area contributed by atoms with Gasteiger partial charge in [0.1, 0.15) is 23.2 Å². The summed E-state index contributed by atoms with van der Waals surface area (Å²) < 4.78 is 19.4. The first-order valence-electron chi connectivity index (χ1n) is 10.1. The van der Waals surface area contributed by atoms with Gasteiger partial charge < -0.3 is 18.5 Å². The number of rotatable bonds is 7. The Morgan fingerprint density at radius 2 is 2.00 bits per heavy atom. The van der Waals surface area contributed by atoms with E-state index in [2.05, 4.69) is 4.99 Å². The molecule has 2 aromatic carbocycles. The summed E-state index contributed by atoms with van der Waals surface area (Å²) >= 11 is 1.36. The van der Waals surface area contributed by atoms with Crippen molar-refractivity contribution in [2.24, 2.45) is 4.99 Å². The van der Waals surface area contributed by atoms with Crippen molar-refractivity contribution in [3.63, 3.8) is 0 Å². The third kappa shape index (κ3) is 4.30. The van der Waals surface area contributed by atoms with Gasteiger partial charge in [-0.3, -0.25) is 9.59 Å². The highest BCUT2D eigenvalue weighted by Gasteiger charge is 2.15. The summed E-state index contributed by atoms with van der Waals surface area (Å²) in [5, 5.41) is 0.352. The van der Waals surface area contributed by atoms with E-state index in [0.717, 1.165) is 16.0 Å². The van der Waals surface area contributed by atoms with Crippen molar-refractivity contribution in [2.45, 2.75) is 20.4 Å². The maximum atomic E-state index is 12.9. The fourth-order valence-corrected chi connectivity index (χ4v) is 4.37. The molecule has 1 amide bonds. The van der Waals surface area contributed by atoms with Crippen molar-refractivity contribution in [3.8, 4) is 5.75 Å². The second-order valence-electron chi connectivity index (χ2n) is 6.69. The van der Waals surface area contributed by atoms with Gasteiger partial charge in [0.25, 0.3) is 5.91 Å². The molecule has 4 aromatic rings. The Labute approximate surface area is 182 Å². The van der Waals surface area contributed by atoms with Crippen LogP contribution in [0.3, 0.4) is 0 Å². The minimum atomic E-state index is -0.638. The zero-order chi connectivity index (χ0) is 21.8. The fraction of sp³-hybridized carbons (Fsp3) is 0.261. The van der Waals surface area contributed by atoms with E-state index in [0.29, 0.717) is 42.1 Å². The van der Waals surface area contributed by atoms with Gasteiger partial charge in [0.2, 0.25) is 5.43 Å². The van der Waals surface area contributed by atoms with E-state index in [1.165, 1.54) is 17.6 Å². The van der Waals surface area contributed by atoms with Crippen LogP contribution in [-0.4, -0.2) is 30.3 Å². The van der Waals surface area contributed by atoms with E-state index in [1.54, 1.807) is 24.3 Å². The normalized spacial score (nSPS) is 12.0. The van der Waals surface area contributed by atoms with Gasteiger partial charge in [-0.05, 0) is 44.2 Å². The lowest BCUT2D eigenvalue weighted by Crippen LogP contribution is -2.21. The van der Waals surface area contributed by atoms with E-state index in [1.807, 2.05) is 36.6 Å². The highest BCUT2D eigenvalue weighted by Crippen LogP contribution is 2.23. The molecule has 0 bridgehead atoms. The average molecular weight is 439 g/mol. The van der Waals surface area contributed by atoms with Gasteiger partial charge >= 0.3 is 0 Å². The van der Waals surface area contributed by atoms with Crippen LogP contribution in [0.2, 0.25) is 0 Å². The van der Waals surface area contributed by atoms with Crippen LogP contribution in [0.1, 0.15) is 24.2 Å². The van der Waals surface area contributed by atoms with Crippen LogP contribution in [0.4, 0.5) is 0 Å². The minimum absolute atomic E-state index is 0.0949. The molecule has 0 aliphatic heterocycles. The third-order valence-electron chi connectivity index (χ3n) is 4.74. The standard InChI is InChI=1S/C23H22N2O5S/c1-3-28-12-11-25-18-10-9-15(29-4-2)13-20(18)31-23(25)24-22(27)17-14-30-19-8-6-5-7-16(19)21(17)26/h5-10,13-14H,3-4,11-12H2,1-2H3. The highest BCUT2D eigenvalue weighted by molar-refractivity contribution is 7.16. The van der Waals surface area contributed by atoms with Crippen LogP contribution in [0.5, 0.6) is 5.75 Å². The number of carbonyl (C=O) groups excluding carboxylic acids is 1. The largest absolute Gasteiger partial charge is 0.494 e. The molecule has 0 spiro atoms. The van der Waals surface area contributed by atoms with Gasteiger partial charge in [-0.2, -0.15) is 4.99 Å². The lowest BCUT2D eigenvalue weighted by atomic mass is 10.2. The van der Waals surface area contributed by atoms with E-state index in [4.69, 9.17) is 13.9 Å². The quantitative estimate of drug-likeness (QED) is 0.408. The Kier molecular flexibility index (Phi) is 6.29. The fourth-order valence-electron chi connectivity index (χ4n) is 3.28. The van der Waals surface area contributed by atoms with Crippen LogP contribution < -0.4 is 15.0 Å². The molecule has 160 valence electrons. The van der Waals surface area contributed by atoms with E-state index in [9.17, 15) is 9.59 Å². The maximum absolute atomic E-state index is 12.9. The Hall–Kier alpha value is -3.23. The second-order valence-corrected chi connectivity index (χ2v) is 7.70. The van der Waals surface area contributed by atoms with Crippen molar-refractivity contribution in [1.82, 2.24) is 4.57 Å². The van der Waals surface area contributed by atoms with Crippen LogP contribution in [0.15, 0.2) is 62.9 Å². The number of nitrogens with zero attached hydrogens (tertiary/aromatic N) is 2. The molecule has 4 rings (SSSR count). The van der Waals surface area contributed by atoms with Crippen LogP contribution in [-0.2, 0) is 11.3 Å². The lowest BCUT2D eigenvalue weighted by Gasteiger charge is -2.06. The first kappa shape index (κ1) is 21.0. The van der Waals surface area contributed by atoms with Crippen LogP contribution >= 0.6 is 11.3 Å². The predicted octanol–water partition coefficient (Wildman–Crippen LogP) is 3.99. The Bertz CT molecular complexity index is 1370. The van der Waals surface area contributed by atoms with Gasteiger partial charge in [0.15, 0.2) is 4.80 Å². The Morgan fingerprint density at radius 3 is 2.81 bits per heavy atom. The molecule has 8 heteroatoms. The molecule has 0 atom stereocenters. The molecule has 0 unspecified atom stereocenters. The van der Waals surface area contributed by atoms with Gasteiger partial charge in [-0.1, -0.05) is 23.5 Å². The zero-order valence-electron chi connectivity index (χ0n) is 17.3. The molecule has 0 saturated carbocycles. The Balaban J connectivity index is 1.81. The molecule has 31 heavy (non-hydrogen) atoms. The number of aromatic nitrogens is 1. The van der Waals surface area contributed by atoms with Gasteiger partial charge in [-0.25, -0.2) is 0 Å². The smallest absolute Gasteiger partial charge is 0.286 e. The summed E-state index contributed by atoms with van der Waals surface area (Å²) in [7, 11) is 0. The predicted molar refractivity (Wildman–Crippen MR) is 120 cm³/mol. The SMILES string of the molecule is CCOCCn1c(=NC(=O)c2coc3ccccc3c2=O)sc2cc(OCC)ccc21. The van der Waals surface area contributed by atoms with Gasteiger partial charge in [0, 0.05) is 13.2 Å². The van der Waals surface area contributed by atoms with E-state index in [-0.39, 0.29) is 5.56 Å². The van der Waals surface area contributed by atoms with Crippen molar-refractivity contribution in [1.29, 1.82) is 0 Å². The summed E-state index contributed by atoms with van der Waals surface area (Å²) in [5.74, 6) is 0.113. The van der Waals surface area contributed by atoms with Crippen LogP contribution in [0, 0.1) is 0 Å². The average Bonchev–Trinajstić information content (AvgIpc) is 3.11. The first-order valence-corrected chi connectivity index (χ1v) is 10.9. The van der Waals surface area contributed by atoms with Crippen molar-refractivity contribution >= 4 is 38.4 Å². The first-order chi connectivity index (χ1) is 15.1. The summed E-state index contributed by atoms with van der Waals surface area (Å²) in [4.78, 5) is 30.4. The molecule has 0 aliphatic rings. The number of amides is 1. The molecule has 0 fully saturated rings. The molecule has 0 aliphatic carbocycles. The van der Waals surface area contributed by atoms with Crippen molar-refractivity contribution < 1.29 is 18.7 Å². The summed E-state index contributed by atoms with van der Waals surface area (Å²) in [6, 6.07) is 12.6. The van der Waals surface area contributed by atoms with Crippen molar-refractivity contribution in [3.05, 3.63) is 69.3 Å². The molecular formula is C23H22N2O5S. The topological polar surface area (TPSA) is 83.0 Å². The number of para-hydroxylation sites is 1. The monoisotopic (exact) mass is 438 g/mol. The highest BCUT2D eigenvalue weighted by atomic mass is 32.1.